The molecule has 2 aliphatic heterocycles. The highest BCUT2D eigenvalue weighted by atomic mass is 35.5. The summed E-state index contributed by atoms with van der Waals surface area (Å²) in [6.45, 7) is 1.37. The number of amides is 1. The average molecular weight is 859 g/mol. The Balaban J connectivity index is 0.968. The Morgan fingerprint density at radius 2 is 1.52 bits per heavy atom. The number of fused-ring (bicyclic) bond motifs is 2. The quantitative estimate of drug-likeness (QED) is 0.125. The van der Waals surface area contributed by atoms with Crippen molar-refractivity contribution >= 4 is 46.7 Å². The van der Waals surface area contributed by atoms with Crippen molar-refractivity contribution in [2.45, 2.75) is 50.7 Å². The predicted octanol–water partition coefficient (Wildman–Crippen LogP) is 10.0. The van der Waals surface area contributed by atoms with Gasteiger partial charge in [0, 0.05) is 24.5 Å². The Hall–Kier alpha value is -6.02. The molecule has 0 bridgehead atoms. The molecule has 0 saturated carbocycles. The molecule has 0 radical (unpaired) electrons. The topological polar surface area (TPSA) is 121 Å². The molecule has 9 nitrogen and oxygen atoms in total. The van der Waals surface area contributed by atoms with Gasteiger partial charge in [0.15, 0.2) is 17.6 Å². The first-order chi connectivity index (χ1) is 29.1. The number of halogens is 3. The van der Waals surface area contributed by atoms with Gasteiger partial charge in [0.05, 0.1) is 27.7 Å². The van der Waals surface area contributed by atoms with Gasteiger partial charge in [0.2, 0.25) is 5.91 Å². The lowest BCUT2D eigenvalue weighted by Crippen LogP contribution is -2.54. The van der Waals surface area contributed by atoms with E-state index in [2.05, 4.69) is 11.4 Å². The number of benzene rings is 6. The van der Waals surface area contributed by atoms with Crippen LogP contribution in [0.4, 0.5) is 0 Å². The molecule has 2 heterocycles. The van der Waals surface area contributed by atoms with Gasteiger partial charge in [0.1, 0.15) is 25.0 Å². The highest BCUT2D eigenvalue weighted by Gasteiger charge is 2.36. The summed E-state index contributed by atoms with van der Waals surface area (Å²) in [5.41, 5.74) is 7.76. The standard InChI is InChI=1S/C48H38Cl3N3O6/c49-39-4-2-1-3-35(39)25-54-26-37-23-45-44(59-28-46(60-45)34-14-16-38(17-15-34)58-27-31-9-18-40(50)41(51)19-31)22-36(37)21-43(54)47(55)53-42(48(56)57)20-29-5-10-32(11-6-29)33-12-7-30(24-52)8-13-33/h1-19,22-23,42-43,46H,20-21,25-28H2,(H,53,55)(H,56,57)/t42-,43?,46+/m0/s1. The Morgan fingerprint density at radius 3 is 2.22 bits per heavy atom. The van der Waals surface area contributed by atoms with Crippen LogP contribution in [-0.4, -0.2) is 40.6 Å². The summed E-state index contributed by atoms with van der Waals surface area (Å²) >= 11 is 18.8. The van der Waals surface area contributed by atoms with Gasteiger partial charge in [-0.1, -0.05) is 108 Å². The van der Waals surface area contributed by atoms with Crippen molar-refractivity contribution in [3.63, 3.8) is 0 Å². The molecule has 2 N–H and O–H groups in total. The molecule has 0 aliphatic carbocycles. The first kappa shape index (κ1) is 40.7. The maximum absolute atomic E-state index is 14.2. The second-order valence-electron chi connectivity index (χ2n) is 14.8. The number of nitrogens with zero attached hydrogens (tertiary/aromatic N) is 2. The minimum Gasteiger partial charge on any atom is -0.489 e. The van der Waals surface area contributed by atoms with E-state index in [-0.39, 0.29) is 19.1 Å². The molecule has 8 rings (SSSR count). The van der Waals surface area contributed by atoms with Crippen molar-refractivity contribution in [2.75, 3.05) is 6.61 Å². The largest absolute Gasteiger partial charge is 0.489 e. The minimum atomic E-state index is -1.16. The van der Waals surface area contributed by atoms with E-state index >= 15 is 0 Å². The number of carbonyl (C=O) groups is 2. The first-order valence-corrected chi connectivity index (χ1v) is 20.5. The lowest BCUT2D eigenvalue weighted by atomic mass is 9.91. The average Bonchev–Trinajstić information content (AvgIpc) is 3.26. The van der Waals surface area contributed by atoms with Gasteiger partial charge in [-0.15, -0.1) is 0 Å². The molecule has 0 fully saturated rings. The summed E-state index contributed by atoms with van der Waals surface area (Å²) in [6, 6.07) is 39.5. The number of carboxylic acid groups (broad SMARTS) is 1. The second-order valence-corrected chi connectivity index (χ2v) is 16.0. The number of aliphatic carboxylic acids is 1. The van der Waals surface area contributed by atoms with Gasteiger partial charge in [-0.05, 0) is 106 Å². The lowest BCUT2D eigenvalue weighted by molar-refractivity contribution is -0.142. The number of ether oxygens (including phenoxy) is 3. The van der Waals surface area contributed by atoms with Gasteiger partial charge < -0.3 is 24.6 Å². The van der Waals surface area contributed by atoms with Crippen LogP contribution in [0.15, 0.2) is 127 Å². The van der Waals surface area contributed by atoms with Crippen LogP contribution >= 0.6 is 34.8 Å². The maximum Gasteiger partial charge on any atom is 0.326 e. The third kappa shape index (κ3) is 9.38. The van der Waals surface area contributed by atoms with Gasteiger partial charge in [0.25, 0.3) is 0 Å². The number of nitriles is 1. The third-order valence-electron chi connectivity index (χ3n) is 10.8. The molecule has 1 unspecified atom stereocenters. The van der Waals surface area contributed by atoms with Crippen LogP contribution in [-0.2, 0) is 42.1 Å². The van der Waals surface area contributed by atoms with Crippen LogP contribution in [0.3, 0.4) is 0 Å². The molecule has 3 atom stereocenters. The fourth-order valence-corrected chi connectivity index (χ4v) is 8.00. The zero-order valence-corrected chi connectivity index (χ0v) is 34.4. The predicted molar refractivity (Wildman–Crippen MR) is 231 cm³/mol. The Labute approximate surface area is 362 Å². The van der Waals surface area contributed by atoms with Crippen LogP contribution in [0.2, 0.25) is 15.1 Å². The van der Waals surface area contributed by atoms with Gasteiger partial charge >= 0.3 is 5.97 Å². The van der Waals surface area contributed by atoms with Crippen molar-refractivity contribution in [1.29, 1.82) is 5.26 Å². The molecule has 60 heavy (non-hydrogen) atoms. The minimum absolute atomic E-state index is 0.0941. The highest BCUT2D eigenvalue weighted by Crippen LogP contribution is 2.41. The summed E-state index contributed by atoms with van der Waals surface area (Å²) in [6.07, 6.45) is 0.0545. The number of hydrogen-bond donors (Lipinski definition) is 2. The van der Waals surface area contributed by atoms with Crippen molar-refractivity contribution in [1.82, 2.24) is 10.2 Å². The van der Waals surface area contributed by atoms with Crippen LogP contribution in [0.1, 0.15) is 45.0 Å². The summed E-state index contributed by atoms with van der Waals surface area (Å²) < 4.78 is 18.7. The van der Waals surface area contributed by atoms with Gasteiger partial charge in [-0.3, -0.25) is 9.69 Å². The van der Waals surface area contributed by atoms with E-state index in [0.29, 0.717) is 64.0 Å². The Morgan fingerprint density at radius 1 is 0.817 bits per heavy atom. The summed E-state index contributed by atoms with van der Waals surface area (Å²) in [4.78, 5) is 28.8. The zero-order chi connectivity index (χ0) is 41.8. The van der Waals surface area contributed by atoms with Gasteiger partial charge in [-0.2, -0.15) is 5.26 Å². The van der Waals surface area contributed by atoms with Crippen molar-refractivity contribution in [2.24, 2.45) is 0 Å². The molecule has 12 heteroatoms. The van der Waals surface area contributed by atoms with E-state index in [9.17, 15) is 14.7 Å². The Bertz CT molecular complexity index is 2580. The molecular weight excluding hydrogens is 821 g/mol. The molecule has 0 saturated heterocycles. The number of carbonyl (C=O) groups excluding carboxylic acids is 1. The summed E-state index contributed by atoms with van der Waals surface area (Å²) in [5.74, 6) is 0.346. The third-order valence-corrected chi connectivity index (χ3v) is 11.9. The number of nitrogens with one attached hydrogen (secondary N) is 1. The van der Waals surface area contributed by atoms with Crippen molar-refractivity contribution in [3.05, 3.63) is 181 Å². The van der Waals surface area contributed by atoms with E-state index in [4.69, 9.17) is 54.3 Å². The number of carboxylic acids is 1. The molecule has 2 aliphatic rings. The first-order valence-electron chi connectivity index (χ1n) is 19.3. The van der Waals surface area contributed by atoms with Crippen LogP contribution in [0.5, 0.6) is 17.2 Å². The molecule has 0 aromatic heterocycles. The molecule has 302 valence electrons. The van der Waals surface area contributed by atoms with Crippen LogP contribution in [0, 0.1) is 11.3 Å². The monoisotopic (exact) mass is 857 g/mol. The van der Waals surface area contributed by atoms with E-state index in [1.807, 2.05) is 108 Å². The fourth-order valence-electron chi connectivity index (χ4n) is 7.49. The van der Waals surface area contributed by atoms with E-state index < -0.39 is 24.0 Å². The van der Waals surface area contributed by atoms with Crippen LogP contribution in [0.25, 0.3) is 11.1 Å². The van der Waals surface area contributed by atoms with Gasteiger partial charge in [-0.25, -0.2) is 4.79 Å². The van der Waals surface area contributed by atoms with E-state index in [1.165, 1.54) is 0 Å². The van der Waals surface area contributed by atoms with E-state index in [1.54, 1.807) is 24.3 Å². The van der Waals surface area contributed by atoms with E-state index in [0.717, 1.165) is 44.5 Å². The lowest BCUT2D eigenvalue weighted by Gasteiger charge is -2.38. The zero-order valence-electron chi connectivity index (χ0n) is 32.1. The molecule has 1 amide bonds. The van der Waals surface area contributed by atoms with Crippen molar-refractivity contribution in [3.8, 4) is 34.4 Å². The van der Waals surface area contributed by atoms with Crippen LogP contribution < -0.4 is 19.5 Å². The number of hydrogen-bond acceptors (Lipinski definition) is 7. The fraction of sp³-hybridized carbons (Fsp3) is 0.188. The van der Waals surface area contributed by atoms with Crippen molar-refractivity contribution < 1.29 is 28.9 Å². The SMILES string of the molecule is N#Cc1ccc(-c2ccc(C[C@H](NC(=O)C3Cc4cc5c(cc4CN3Cc3ccccc3Cl)O[C@@H](c3ccc(OCc4ccc(Cl)c(Cl)c4)cc3)CO5)C(=O)O)cc2)cc1. The normalized spacial score (nSPS) is 16.2. The molecule has 6 aromatic rings. The highest BCUT2D eigenvalue weighted by molar-refractivity contribution is 6.42. The molecule has 0 spiro atoms. The summed E-state index contributed by atoms with van der Waals surface area (Å²) in [5, 5.41) is 23.8. The molecular formula is C48H38Cl3N3O6. The maximum atomic E-state index is 14.2. The molecule has 6 aromatic carbocycles. The number of rotatable bonds is 12. The Kier molecular flexibility index (Phi) is 12.3. The smallest absolute Gasteiger partial charge is 0.326 e. The summed E-state index contributed by atoms with van der Waals surface area (Å²) in [7, 11) is 0. The second kappa shape index (κ2) is 18.1.